The molecule has 1 aliphatic rings. The van der Waals surface area contributed by atoms with Gasteiger partial charge in [0.05, 0.1) is 16.7 Å². The number of benzene rings is 1. The lowest BCUT2D eigenvalue weighted by molar-refractivity contribution is 0.0690. The molecule has 6 rings (SSSR count). The van der Waals surface area contributed by atoms with Crippen molar-refractivity contribution in [1.29, 1.82) is 0 Å². The fourth-order valence-corrected chi connectivity index (χ4v) is 6.22. The summed E-state index contributed by atoms with van der Waals surface area (Å²) in [6, 6.07) is 15.1. The van der Waals surface area contributed by atoms with Gasteiger partial charge in [0.2, 0.25) is 0 Å². The van der Waals surface area contributed by atoms with Gasteiger partial charge < -0.3 is 15.4 Å². The van der Waals surface area contributed by atoms with Crippen molar-refractivity contribution in [3.63, 3.8) is 0 Å². The lowest BCUT2D eigenvalue weighted by atomic mass is 10.1. The Bertz CT molecular complexity index is 1950. The van der Waals surface area contributed by atoms with Crippen molar-refractivity contribution in [2.45, 2.75) is 70.9 Å². The first-order chi connectivity index (χ1) is 22.4. The lowest BCUT2D eigenvalue weighted by Gasteiger charge is -2.17. The lowest BCUT2D eigenvalue weighted by Crippen LogP contribution is -2.17. The molecule has 1 aliphatic heterocycles. The van der Waals surface area contributed by atoms with Gasteiger partial charge in [0, 0.05) is 53.3 Å². The number of fused-ring (bicyclic) bond motifs is 2. The summed E-state index contributed by atoms with van der Waals surface area (Å²) in [5.74, 6) is 5.33. The molecule has 46 heavy (non-hydrogen) atoms. The Morgan fingerprint density at radius 2 is 1.93 bits per heavy atom. The molecule has 0 bridgehead atoms. The molecule has 5 heterocycles. The van der Waals surface area contributed by atoms with Gasteiger partial charge in [-0.3, -0.25) is 14.4 Å². The monoisotopic (exact) mass is 617 g/mol. The summed E-state index contributed by atoms with van der Waals surface area (Å²) in [5.41, 5.74) is 5.14. The van der Waals surface area contributed by atoms with E-state index in [1.54, 1.807) is 12.1 Å². The van der Waals surface area contributed by atoms with Crippen molar-refractivity contribution in [3.05, 3.63) is 83.1 Å². The van der Waals surface area contributed by atoms with Crippen LogP contribution >= 0.6 is 0 Å². The Balaban J connectivity index is 1.00. The maximum Gasteiger partial charge on any atom is 0.354 e. The summed E-state index contributed by atoms with van der Waals surface area (Å²) in [6.45, 7) is 3.89. The van der Waals surface area contributed by atoms with Crippen LogP contribution in [0.5, 0.6) is 0 Å². The summed E-state index contributed by atoms with van der Waals surface area (Å²) < 4.78 is 2.01. The van der Waals surface area contributed by atoms with Crippen LogP contribution in [0.15, 0.2) is 54.7 Å². The van der Waals surface area contributed by atoms with Crippen LogP contribution in [0.4, 0.5) is 5.82 Å². The number of carboxylic acids is 1. The second-order valence-corrected chi connectivity index (χ2v) is 12.0. The third-order valence-electron chi connectivity index (χ3n) is 8.70. The van der Waals surface area contributed by atoms with Crippen LogP contribution in [-0.4, -0.2) is 60.2 Å². The van der Waals surface area contributed by atoms with E-state index < -0.39 is 5.97 Å². The number of aromatic amines is 1. The Morgan fingerprint density at radius 1 is 1.09 bits per heavy atom. The molecule has 0 aliphatic carbocycles. The standard InChI is InChI=1S/C36H39N7O3/c1-24-28-17-16-25(35(44)40-34-22-30-26(23-37-34)20-31(39-30)32-15-11-18-42(32)2)21-33(28)43(41-24)19-9-7-5-3-4-6-8-12-27-13-10-14-29(38-27)36(45)46/h10,13-14,16-17,20-23,32,39H,3-7,9,11,15,18-19H2,1-2H3,(H,45,46)(H,37,40,44)/t32-/m1/s1. The number of carbonyl (C=O) groups is 2. The first-order valence-electron chi connectivity index (χ1n) is 16.0. The Kier molecular flexibility index (Phi) is 9.41. The molecule has 1 fully saturated rings. The zero-order valence-corrected chi connectivity index (χ0v) is 26.3. The van der Waals surface area contributed by atoms with Crippen LogP contribution in [0, 0.1) is 18.8 Å². The van der Waals surface area contributed by atoms with Crippen LogP contribution in [-0.2, 0) is 6.54 Å². The van der Waals surface area contributed by atoms with E-state index in [-0.39, 0.29) is 11.6 Å². The van der Waals surface area contributed by atoms with E-state index >= 15 is 0 Å². The third-order valence-corrected chi connectivity index (χ3v) is 8.70. The minimum atomic E-state index is -1.05. The summed E-state index contributed by atoms with van der Waals surface area (Å²) in [4.78, 5) is 38.8. The van der Waals surface area contributed by atoms with Gasteiger partial charge in [-0.25, -0.2) is 14.8 Å². The van der Waals surface area contributed by atoms with Crippen LogP contribution in [0.2, 0.25) is 0 Å². The van der Waals surface area contributed by atoms with Crippen LogP contribution in [0.3, 0.4) is 0 Å². The number of carboxylic acid groups (broad SMARTS) is 1. The van der Waals surface area contributed by atoms with Crippen LogP contribution < -0.4 is 5.32 Å². The number of amides is 1. The first-order valence-corrected chi connectivity index (χ1v) is 16.0. The Labute approximate surface area is 268 Å². The number of likely N-dealkylation sites (tertiary alicyclic amines) is 1. The molecule has 1 atom stereocenters. The smallest absolute Gasteiger partial charge is 0.354 e. The highest BCUT2D eigenvalue weighted by Gasteiger charge is 2.24. The molecule has 1 amide bonds. The molecule has 5 aromatic rings. The largest absolute Gasteiger partial charge is 0.477 e. The Morgan fingerprint density at radius 3 is 2.76 bits per heavy atom. The molecule has 4 aromatic heterocycles. The number of unbranched alkanes of at least 4 members (excludes halogenated alkanes) is 5. The van der Waals surface area contributed by atoms with E-state index in [9.17, 15) is 9.59 Å². The zero-order chi connectivity index (χ0) is 32.0. The predicted molar refractivity (Wildman–Crippen MR) is 179 cm³/mol. The molecular formula is C36H39N7O3. The van der Waals surface area contributed by atoms with E-state index in [0.29, 0.717) is 23.1 Å². The molecule has 0 radical (unpaired) electrons. The summed E-state index contributed by atoms with van der Waals surface area (Å²) in [6.07, 6.45) is 10.1. The fourth-order valence-electron chi connectivity index (χ4n) is 6.22. The minimum absolute atomic E-state index is 0.00952. The number of hydrogen-bond acceptors (Lipinski definition) is 6. The van der Waals surface area contributed by atoms with E-state index in [4.69, 9.17) is 10.2 Å². The van der Waals surface area contributed by atoms with E-state index in [2.05, 4.69) is 50.1 Å². The number of anilines is 1. The average molecular weight is 618 g/mol. The number of aromatic carboxylic acids is 1. The normalized spacial score (nSPS) is 14.9. The quantitative estimate of drug-likeness (QED) is 0.111. The van der Waals surface area contributed by atoms with Gasteiger partial charge in [-0.05, 0) is 82.5 Å². The number of carbonyl (C=O) groups excluding carboxylic acids is 1. The maximum atomic E-state index is 13.3. The summed E-state index contributed by atoms with van der Waals surface area (Å²) in [7, 11) is 2.16. The number of pyridine rings is 2. The van der Waals surface area contributed by atoms with Gasteiger partial charge in [-0.15, -0.1) is 0 Å². The molecule has 1 saturated heterocycles. The van der Waals surface area contributed by atoms with Gasteiger partial charge in [0.1, 0.15) is 17.2 Å². The van der Waals surface area contributed by atoms with Crippen molar-refractivity contribution in [2.75, 3.05) is 18.9 Å². The highest BCUT2D eigenvalue weighted by Crippen LogP contribution is 2.32. The van der Waals surface area contributed by atoms with Crippen molar-refractivity contribution in [2.24, 2.45) is 0 Å². The van der Waals surface area contributed by atoms with E-state index in [1.165, 1.54) is 18.2 Å². The molecule has 0 spiro atoms. The molecule has 10 nitrogen and oxygen atoms in total. The third kappa shape index (κ3) is 7.11. The molecule has 0 saturated carbocycles. The van der Waals surface area contributed by atoms with Gasteiger partial charge in [-0.1, -0.05) is 37.3 Å². The number of hydrogen-bond donors (Lipinski definition) is 3. The molecule has 236 valence electrons. The second kappa shape index (κ2) is 14.0. The maximum absolute atomic E-state index is 13.3. The first kappa shape index (κ1) is 31.0. The molecule has 3 N–H and O–H groups in total. The SMILES string of the molecule is Cc1nn(CCCCCCCC#Cc2cccc(C(=O)O)n2)c2cc(C(=O)Nc3cc4[nH]c([C@H]5CCCN5C)cc4cn3)ccc12. The van der Waals surface area contributed by atoms with Crippen molar-refractivity contribution >= 4 is 39.5 Å². The molecule has 1 aromatic carbocycles. The zero-order valence-electron chi connectivity index (χ0n) is 26.3. The number of rotatable bonds is 11. The van der Waals surface area contributed by atoms with Crippen LogP contribution in [0.25, 0.3) is 21.8 Å². The van der Waals surface area contributed by atoms with Gasteiger partial charge in [-0.2, -0.15) is 5.10 Å². The Hall–Kier alpha value is -5.01. The van der Waals surface area contributed by atoms with Gasteiger partial charge in [0.15, 0.2) is 0 Å². The fraction of sp³-hybridized carbons (Fsp3) is 0.361. The van der Waals surface area contributed by atoms with E-state index in [1.807, 2.05) is 42.1 Å². The number of nitrogens with one attached hydrogen (secondary N) is 2. The van der Waals surface area contributed by atoms with Crippen molar-refractivity contribution in [1.82, 2.24) is 29.6 Å². The number of aromatic nitrogens is 5. The number of aryl methyl sites for hydroxylation is 2. The van der Waals surface area contributed by atoms with E-state index in [0.717, 1.165) is 85.5 Å². The highest BCUT2D eigenvalue weighted by atomic mass is 16.4. The molecular weight excluding hydrogens is 578 g/mol. The van der Waals surface area contributed by atoms with Gasteiger partial charge in [0.25, 0.3) is 5.91 Å². The number of nitrogens with zero attached hydrogens (tertiary/aromatic N) is 5. The predicted octanol–water partition coefficient (Wildman–Crippen LogP) is 6.73. The van der Waals surface area contributed by atoms with Crippen molar-refractivity contribution < 1.29 is 14.7 Å². The topological polar surface area (TPSA) is 129 Å². The minimum Gasteiger partial charge on any atom is -0.477 e. The number of H-pyrrole nitrogens is 1. The highest BCUT2D eigenvalue weighted by molar-refractivity contribution is 6.06. The summed E-state index contributed by atoms with van der Waals surface area (Å²) in [5, 5.41) is 18.9. The average Bonchev–Trinajstić information content (AvgIpc) is 3.76. The van der Waals surface area contributed by atoms with Gasteiger partial charge >= 0.3 is 5.97 Å². The second-order valence-electron chi connectivity index (χ2n) is 12.0. The molecule has 0 unspecified atom stereocenters. The molecule has 10 heteroatoms. The summed E-state index contributed by atoms with van der Waals surface area (Å²) >= 11 is 0. The van der Waals surface area contributed by atoms with Crippen LogP contribution in [0.1, 0.15) is 95.3 Å². The van der Waals surface area contributed by atoms with Crippen molar-refractivity contribution in [3.8, 4) is 11.8 Å².